The number of halogens is 2. The summed E-state index contributed by atoms with van der Waals surface area (Å²) in [6.45, 7) is 0.516. The standard InChI is InChI=1S/C13H15BrClNO4/c14-10-7-9(15)4-5-11(10)19-8-12(17)16-20-13-3-1-2-6-18-13/h4-5,7,13H,1-3,6,8H2,(H,16,17). The van der Waals surface area contributed by atoms with Gasteiger partial charge in [0.1, 0.15) is 5.75 Å². The van der Waals surface area contributed by atoms with Crippen LogP contribution in [-0.2, 0) is 14.4 Å². The van der Waals surface area contributed by atoms with Gasteiger partial charge in [-0.05, 0) is 47.0 Å². The lowest BCUT2D eigenvalue weighted by molar-refractivity contribution is -0.201. The van der Waals surface area contributed by atoms with Gasteiger partial charge in [-0.2, -0.15) is 0 Å². The lowest BCUT2D eigenvalue weighted by Gasteiger charge is -2.22. The van der Waals surface area contributed by atoms with E-state index in [-0.39, 0.29) is 18.8 Å². The maximum absolute atomic E-state index is 11.6. The van der Waals surface area contributed by atoms with Gasteiger partial charge < -0.3 is 9.47 Å². The molecule has 1 fully saturated rings. The van der Waals surface area contributed by atoms with E-state index in [1.54, 1.807) is 18.2 Å². The molecule has 20 heavy (non-hydrogen) atoms. The second-order valence-electron chi connectivity index (χ2n) is 4.30. The molecule has 1 amide bonds. The third-order valence-electron chi connectivity index (χ3n) is 2.69. The smallest absolute Gasteiger partial charge is 0.281 e. The molecule has 7 heteroatoms. The summed E-state index contributed by atoms with van der Waals surface area (Å²) in [5.74, 6) is 0.166. The van der Waals surface area contributed by atoms with Crippen molar-refractivity contribution in [2.24, 2.45) is 0 Å². The van der Waals surface area contributed by atoms with E-state index in [1.165, 1.54) is 0 Å². The minimum atomic E-state index is -0.374. The Kier molecular flexibility index (Phi) is 6.09. The van der Waals surface area contributed by atoms with Crippen molar-refractivity contribution in [3.8, 4) is 5.75 Å². The Balaban J connectivity index is 1.71. The third kappa shape index (κ3) is 4.94. The molecule has 0 aliphatic carbocycles. The zero-order valence-electron chi connectivity index (χ0n) is 10.7. The number of nitrogens with one attached hydrogen (secondary N) is 1. The molecular formula is C13H15BrClNO4. The Labute approximate surface area is 130 Å². The Hall–Kier alpha value is -0.820. The summed E-state index contributed by atoms with van der Waals surface area (Å²) in [5, 5.41) is 0.589. The maximum atomic E-state index is 11.6. The van der Waals surface area contributed by atoms with E-state index in [0.29, 0.717) is 21.9 Å². The highest BCUT2D eigenvalue weighted by molar-refractivity contribution is 9.10. The predicted molar refractivity (Wildman–Crippen MR) is 77.5 cm³/mol. The summed E-state index contributed by atoms with van der Waals surface area (Å²) in [5.41, 5.74) is 2.32. The molecular weight excluding hydrogens is 350 g/mol. The van der Waals surface area contributed by atoms with Crippen molar-refractivity contribution in [1.29, 1.82) is 0 Å². The number of hydrogen-bond donors (Lipinski definition) is 1. The van der Waals surface area contributed by atoms with Crippen LogP contribution in [0.15, 0.2) is 22.7 Å². The molecule has 1 N–H and O–H groups in total. The summed E-state index contributed by atoms with van der Waals surface area (Å²) in [7, 11) is 0. The first-order valence-electron chi connectivity index (χ1n) is 6.29. The minimum absolute atomic E-state index is 0.146. The molecule has 5 nitrogen and oxygen atoms in total. The molecule has 1 aliphatic heterocycles. The summed E-state index contributed by atoms with van der Waals surface area (Å²) in [4.78, 5) is 16.7. The number of carbonyl (C=O) groups is 1. The van der Waals surface area contributed by atoms with Crippen LogP contribution in [0.5, 0.6) is 5.75 Å². The summed E-state index contributed by atoms with van der Waals surface area (Å²) >= 11 is 9.12. The molecule has 0 radical (unpaired) electrons. The van der Waals surface area contributed by atoms with E-state index in [2.05, 4.69) is 21.4 Å². The Morgan fingerprint density at radius 3 is 3.05 bits per heavy atom. The second kappa shape index (κ2) is 7.83. The summed E-state index contributed by atoms with van der Waals surface area (Å²) < 4.78 is 11.4. The molecule has 1 atom stereocenters. The molecule has 110 valence electrons. The van der Waals surface area contributed by atoms with Crippen molar-refractivity contribution in [3.63, 3.8) is 0 Å². The fourth-order valence-corrected chi connectivity index (χ4v) is 2.50. The first kappa shape index (κ1) is 15.6. The Bertz CT molecular complexity index is 466. The van der Waals surface area contributed by atoms with E-state index in [0.717, 1.165) is 19.3 Å². The van der Waals surface area contributed by atoms with E-state index in [4.69, 9.17) is 25.9 Å². The average molecular weight is 365 g/mol. The van der Waals surface area contributed by atoms with Crippen molar-refractivity contribution in [2.45, 2.75) is 25.6 Å². The number of benzene rings is 1. The normalized spacial score (nSPS) is 18.6. The number of rotatable bonds is 5. The number of ether oxygens (including phenoxy) is 2. The molecule has 1 saturated heterocycles. The van der Waals surface area contributed by atoms with Gasteiger partial charge >= 0.3 is 0 Å². The van der Waals surface area contributed by atoms with Gasteiger partial charge in [-0.1, -0.05) is 11.6 Å². The first-order valence-corrected chi connectivity index (χ1v) is 7.46. The lowest BCUT2D eigenvalue weighted by atomic mass is 10.2. The van der Waals surface area contributed by atoms with Crippen molar-refractivity contribution in [1.82, 2.24) is 5.48 Å². The highest BCUT2D eigenvalue weighted by atomic mass is 79.9. The fourth-order valence-electron chi connectivity index (χ4n) is 1.70. The molecule has 1 aliphatic rings. The van der Waals surface area contributed by atoms with E-state index in [9.17, 15) is 4.79 Å². The Morgan fingerprint density at radius 1 is 1.50 bits per heavy atom. The SMILES string of the molecule is O=C(COc1ccc(Cl)cc1Br)NOC1CCCCO1. The Morgan fingerprint density at radius 2 is 2.35 bits per heavy atom. The molecule has 0 aromatic heterocycles. The first-order chi connectivity index (χ1) is 9.65. The molecule has 0 spiro atoms. The summed E-state index contributed by atoms with van der Waals surface area (Å²) in [6, 6.07) is 5.07. The van der Waals surface area contributed by atoms with Crippen LogP contribution in [0.1, 0.15) is 19.3 Å². The van der Waals surface area contributed by atoms with Gasteiger partial charge in [0.2, 0.25) is 0 Å². The molecule has 1 aromatic carbocycles. The second-order valence-corrected chi connectivity index (χ2v) is 5.59. The number of carbonyl (C=O) groups excluding carboxylic acids is 1. The topological polar surface area (TPSA) is 56.8 Å². The van der Waals surface area contributed by atoms with E-state index >= 15 is 0 Å². The highest BCUT2D eigenvalue weighted by Crippen LogP contribution is 2.27. The highest BCUT2D eigenvalue weighted by Gasteiger charge is 2.16. The average Bonchev–Trinajstić information content (AvgIpc) is 2.45. The van der Waals surface area contributed by atoms with Gasteiger partial charge in [0.05, 0.1) is 4.47 Å². The van der Waals surface area contributed by atoms with Crippen LogP contribution in [0, 0.1) is 0 Å². The van der Waals surface area contributed by atoms with Crippen molar-refractivity contribution in [3.05, 3.63) is 27.7 Å². The van der Waals surface area contributed by atoms with E-state index in [1.807, 2.05) is 0 Å². The van der Waals surface area contributed by atoms with Crippen molar-refractivity contribution < 1.29 is 19.1 Å². The van der Waals surface area contributed by atoms with E-state index < -0.39 is 0 Å². The predicted octanol–water partition coefficient (Wildman–Crippen LogP) is 3.06. The zero-order valence-corrected chi connectivity index (χ0v) is 13.1. The van der Waals surface area contributed by atoms with Crippen LogP contribution in [0.2, 0.25) is 5.02 Å². The number of hydroxylamine groups is 1. The number of hydrogen-bond acceptors (Lipinski definition) is 4. The molecule has 1 aromatic rings. The minimum Gasteiger partial charge on any atom is -0.483 e. The quantitative estimate of drug-likeness (QED) is 0.816. The van der Waals surface area contributed by atoms with Crippen LogP contribution in [0.4, 0.5) is 0 Å². The maximum Gasteiger partial charge on any atom is 0.281 e. The molecule has 2 rings (SSSR count). The molecule has 0 bridgehead atoms. The van der Waals surface area contributed by atoms with Crippen molar-refractivity contribution >= 4 is 33.4 Å². The third-order valence-corrected chi connectivity index (χ3v) is 3.55. The van der Waals surface area contributed by atoms with Gasteiger partial charge in [-0.25, -0.2) is 10.3 Å². The largest absolute Gasteiger partial charge is 0.483 e. The van der Waals surface area contributed by atoms with Gasteiger partial charge in [0.15, 0.2) is 12.9 Å². The van der Waals surface area contributed by atoms with Crippen molar-refractivity contribution in [2.75, 3.05) is 13.2 Å². The van der Waals surface area contributed by atoms with Crippen LogP contribution in [-0.4, -0.2) is 25.4 Å². The van der Waals surface area contributed by atoms with Crippen LogP contribution < -0.4 is 10.2 Å². The zero-order chi connectivity index (χ0) is 14.4. The van der Waals surface area contributed by atoms with Gasteiger partial charge in [-0.15, -0.1) is 0 Å². The van der Waals surface area contributed by atoms with Crippen LogP contribution in [0.25, 0.3) is 0 Å². The van der Waals surface area contributed by atoms with Gasteiger partial charge in [0.25, 0.3) is 5.91 Å². The fraction of sp³-hybridized carbons (Fsp3) is 0.462. The van der Waals surface area contributed by atoms with Gasteiger partial charge in [0, 0.05) is 18.1 Å². The monoisotopic (exact) mass is 363 g/mol. The summed E-state index contributed by atoms with van der Waals surface area (Å²) in [6.07, 6.45) is 2.48. The molecule has 0 saturated carbocycles. The number of amides is 1. The molecule has 1 unspecified atom stereocenters. The molecule has 1 heterocycles. The van der Waals surface area contributed by atoms with Gasteiger partial charge in [-0.3, -0.25) is 4.79 Å². The van der Waals surface area contributed by atoms with Crippen LogP contribution >= 0.6 is 27.5 Å². The van der Waals surface area contributed by atoms with Crippen LogP contribution in [0.3, 0.4) is 0 Å². The lowest BCUT2D eigenvalue weighted by Crippen LogP contribution is -2.35.